The van der Waals surface area contributed by atoms with Gasteiger partial charge in [0.1, 0.15) is 0 Å². The topological polar surface area (TPSA) is 74.5 Å². The van der Waals surface area contributed by atoms with E-state index in [9.17, 15) is 18.0 Å². The van der Waals surface area contributed by atoms with Gasteiger partial charge >= 0.3 is 6.18 Å². The SMILES string of the molecule is O=C(CCC(F)(F)F)c1nc2ncc(-c3ccc4c(c3)OCO4)cc2o1. The van der Waals surface area contributed by atoms with Crippen LogP contribution in [-0.2, 0) is 0 Å². The average molecular weight is 364 g/mol. The third kappa shape index (κ3) is 3.19. The third-order valence-corrected chi connectivity index (χ3v) is 3.83. The van der Waals surface area contributed by atoms with E-state index in [2.05, 4.69) is 9.97 Å². The maximum Gasteiger partial charge on any atom is 0.389 e. The van der Waals surface area contributed by atoms with Crippen LogP contribution in [0.5, 0.6) is 11.5 Å². The quantitative estimate of drug-likeness (QED) is 0.648. The Balaban J connectivity index is 1.61. The summed E-state index contributed by atoms with van der Waals surface area (Å²) in [6.07, 6.45) is -4.81. The fourth-order valence-corrected chi connectivity index (χ4v) is 2.54. The van der Waals surface area contributed by atoms with Crippen molar-refractivity contribution in [3.8, 4) is 22.6 Å². The Morgan fingerprint density at radius 1 is 1.12 bits per heavy atom. The predicted molar refractivity (Wildman–Crippen MR) is 83.0 cm³/mol. The molecule has 9 heteroatoms. The molecule has 3 heterocycles. The summed E-state index contributed by atoms with van der Waals surface area (Å²) in [5.41, 5.74) is 1.84. The summed E-state index contributed by atoms with van der Waals surface area (Å²) in [6, 6.07) is 6.96. The van der Waals surface area contributed by atoms with Gasteiger partial charge in [-0.25, -0.2) is 4.98 Å². The van der Waals surface area contributed by atoms with E-state index in [0.29, 0.717) is 17.1 Å². The lowest BCUT2D eigenvalue weighted by molar-refractivity contribution is -0.133. The molecule has 0 unspecified atom stereocenters. The largest absolute Gasteiger partial charge is 0.454 e. The molecule has 26 heavy (non-hydrogen) atoms. The Bertz CT molecular complexity index is 997. The molecule has 3 aromatic rings. The van der Waals surface area contributed by atoms with Crippen molar-refractivity contribution in [3.05, 3.63) is 36.4 Å². The minimum Gasteiger partial charge on any atom is -0.454 e. The van der Waals surface area contributed by atoms with E-state index in [1.807, 2.05) is 6.07 Å². The van der Waals surface area contributed by atoms with E-state index in [-0.39, 0.29) is 23.9 Å². The van der Waals surface area contributed by atoms with Crippen LogP contribution in [0.4, 0.5) is 13.2 Å². The molecule has 0 fully saturated rings. The summed E-state index contributed by atoms with van der Waals surface area (Å²) >= 11 is 0. The Morgan fingerprint density at radius 2 is 1.92 bits per heavy atom. The lowest BCUT2D eigenvalue weighted by atomic mass is 10.1. The number of carbonyl (C=O) groups excluding carboxylic acids is 1. The summed E-state index contributed by atoms with van der Waals surface area (Å²) in [6.45, 7) is 0.154. The molecule has 0 amide bonds. The molecule has 1 aliphatic rings. The first kappa shape index (κ1) is 16.4. The molecule has 0 aliphatic carbocycles. The normalized spacial score (nSPS) is 13.3. The van der Waals surface area contributed by atoms with Crippen molar-refractivity contribution in [2.24, 2.45) is 0 Å². The minimum absolute atomic E-state index is 0.154. The second kappa shape index (κ2) is 6.01. The highest BCUT2D eigenvalue weighted by Crippen LogP contribution is 2.36. The van der Waals surface area contributed by atoms with Crippen LogP contribution in [0.1, 0.15) is 23.5 Å². The first-order chi connectivity index (χ1) is 12.4. The van der Waals surface area contributed by atoms with Gasteiger partial charge in [0.05, 0.1) is 6.42 Å². The van der Waals surface area contributed by atoms with Crippen LogP contribution in [0.2, 0.25) is 0 Å². The van der Waals surface area contributed by atoms with E-state index < -0.39 is 24.8 Å². The van der Waals surface area contributed by atoms with E-state index in [1.165, 1.54) is 6.20 Å². The maximum atomic E-state index is 12.2. The molecule has 0 radical (unpaired) electrons. The molecule has 6 nitrogen and oxygen atoms in total. The van der Waals surface area contributed by atoms with E-state index in [4.69, 9.17) is 13.9 Å². The molecule has 4 rings (SSSR count). The van der Waals surface area contributed by atoms with Crippen LogP contribution in [-0.4, -0.2) is 28.7 Å². The van der Waals surface area contributed by atoms with Gasteiger partial charge in [0.2, 0.25) is 12.6 Å². The van der Waals surface area contributed by atoms with Crippen molar-refractivity contribution in [1.29, 1.82) is 0 Å². The fraction of sp³-hybridized carbons (Fsp3) is 0.235. The summed E-state index contributed by atoms with van der Waals surface area (Å²) < 4.78 is 52.6. The number of pyridine rings is 1. The number of oxazole rings is 1. The molecule has 0 saturated heterocycles. The number of fused-ring (bicyclic) bond motifs is 2. The Kier molecular flexibility index (Phi) is 3.78. The van der Waals surface area contributed by atoms with Crippen LogP contribution in [0.3, 0.4) is 0 Å². The molecular weight excluding hydrogens is 353 g/mol. The second-order valence-electron chi connectivity index (χ2n) is 5.67. The number of hydrogen-bond donors (Lipinski definition) is 0. The number of nitrogens with zero attached hydrogens (tertiary/aromatic N) is 2. The van der Waals surface area contributed by atoms with Gasteiger partial charge in [-0.05, 0) is 23.8 Å². The molecule has 1 aromatic carbocycles. The lowest BCUT2D eigenvalue weighted by Crippen LogP contribution is -2.11. The average Bonchev–Trinajstić information content (AvgIpc) is 3.23. The molecule has 0 atom stereocenters. The van der Waals surface area contributed by atoms with Crippen molar-refractivity contribution < 1.29 is 31.9 Å². The summed E-state index contributed by atoms with van der Waals surface area (Å²) in [5.74, 6) is 0.0488. The van der Waals surface area contributed by atoms with Crippen molar-refractivity contribution in [2.75, 3.05) is 6.79 Å². The van der Waals surface area contributed by atoms with Crippen LogP contribution in [0, 0.1) is 0 Å². The van der Waals surface area contributed by atoms with Crippen molar-refractivity contribution in [1.82, 2.24) is 9.97 Å². The first-order valence-electron chi connectivity index (χ1n) is 7.66. The summed E-state index contributed by atoms with van der Waals surface area (Å²) in [5, 5.41) is 0. The molecule has 0 N–H and O–H groups in total. The second-order valence-corrected chi connectivity index (χ2v) is 5.67. The number of benzene rings is 1. The number of alkyl halides is 3. The van der Waals surface area contributed by atoms with Gasteiger partial charge in [-0.1, -0.05) is 6.07 Å². The van der Waals surface area contributed by atoms with Crippen LogP contribution < -0.4 is 9.47 Å². The number of halogens is 3. The van der Waals surface area contributed by atoms with Gasteiger partial charge in [0, 0.05) is 18.2 Å². The maximum absolute atomic E-state index is 12.2. The van der Waals surface area contributed by atoms with Crippen LogP contribution in [0.15, 0.2) is 34.9 Å². The number of hydrogen-bond acceptors (Lipinski definition) is 6. The zero-order valence-corrected chi connectivity index (χ0v) is 13.2. The van der Waals surface area contributed by atoms with Gasteiger partial charge in [-0.15, -0.1) is 0 Å². The highest BCUT2D eigenvalue weighted by molar-refractivity contribution is 5.94. The minimum atomic E-state index is -4.41. The number of carbonyl (C=O) groups is 1. The van der Waals surface area contributed by atoms with Gasteiger partial charge in [0.15, 0.2) is 22.7 Å². The van der Waals surface area contributed by atoms with E-state index in [0.717, 1.165) is 5.56 Å². The van der Waals surface area contributed by atoms with Crippen molar-refractivity contribution in [3.63, 3.8) is 0 Å². The standard InChI is InChI=1S/C17H11F3N2O4/c18-17(19,20)4-3-11(23)16-22-15-14(26-16)6-10(7-21-15)9-1-2-12-13(5-9)25-8-24-12/h1-2,5-7H,3-4,8H2. The van der Waals surface area contributed by atoms with Gasteiger partial charge in [-0.3, -0.25) is 4.79 Å². The van der Waals surface area contributed by atoms with Crippen LogP contribution >= 0.6 is 0 Å². The zero-order chi connectivity index (χ0) is 18.3. The highest BCUT2D eigenvalue weighted by atomic mass is 19.4. The molecule has 134 valence electrons. The number of aromatic nitrogens is 2. The van der Waals surface area contributed by atoms with E-state index >= 15 is 0 Å². The first-order valence-corrected chi connectivity index (χ1v) is 7.66. The number of Topliss-reactive ketones (excluding diaryl/α,β-unsaturated/α-hetero) is 1. The number of ketones is 1. The van der Waals surface area contributed by atoms with Crippen LogP contribution in [0.25, 0.3) is 22.4 Å². The lowest BCUT2D eigenvalue weighted by Gasteiger charge is -2.02. The number of ether oxygens (including phenoxy) is 2. The van der Waals surface area contributed by atoms with E-state index in [1.54, 1.807) is 18.2 Å². The molecule has 1 aliphatic heterocycles. The number of rotatable bonds is 4. The summed E-state index contributed by atoms with van der Waals surface area (Å²) in [7, 11) is 0. The van der Waals surface area contributed by atoms with Gasteiger partial charge in [-0.2, -0.15) is 18.2 Å². The Morgan fingerprint density at radius 3 is 2.73 bits per heavy atom. The molecular formula is C17H11F3N2O4. The smallest absolute Gasteiger partial charge is 0.389 e. The van der Waals surface area contributed by atoms with Crippen molar-refractivity contribution in [2.45, 2.75) is 19.0 Å². The molecule has 0 saturated carbocycles. The molecule has 0 bridgehead atoms. The fourth-order valence-electron chi connectivity index (χ4n) is 2.54. The molecule has 2 aromatic heterocycles. The zero-order valence-electron chi connectivity index (χ0n) is 13.2. The Labute approximate surface area is 144 Å². The van der Waals surface area contributed by atoms with Gasteiger partial charge in [0.25, 0.3) is 5.89 Å². The monoisotopic (exact) mass is 364 g/mol. The highest BCUT2D eigenvalue weighted by Gasteiger charge is 2.29. The molecule has 0 spiro atoms. The Hall–Kier alpha value is -3.10. The van der Waals surface area contributed by atoms with Crippen molar-refractivity contribution >= 4 is 17.0 Å². The third-order valence-electron chi connectivity index (χ3n) is 3.83. The van der Waals surface area contributed by atoms with Gasteiger partial charge < -0.3 is 13.9 Å². The predicted octanol–water partition coefficient (Wildman–Crippen LogP) is 4.14. The summed E-state index contributed by atoms with van der Waals surface area (Å²) in [4.78, 5) is 19.8.